The highest BCUT2D eigenvalue weighted by molar-refractivity contribution is 7.89. The summed E-state index contributed by atoms with van der Waals surface area (Å²) < 4.78 is 25.3. The number of sulfonamides is 1. The Morgan fingerprint density at radius 1 is 1.37 bits per heavy atom. The van der Waals surface area contributed by atoms with Crippen molar-refractivity contribution >= 4 is 21.7 Å². The van der Waals surface area contributed by atoms with Crippen LogP contribution < -0.4 is 9.62 Å². The highest BCUT2D eigenvalue weighted by Gasteiger charge is 2.15. The average Bonchev–Trinajstić information content (AvgIpc) is 2.38. The molecule has 0 aromatic heterocycles. The second-order valence-electron chi connectivity index (χ2n) is 4.32. The predicted octanol–water partition coefficient (Wildman–Crippen LogP) is 0.752. The molecule has 0 saturated carbocycles. The lowest BCUT2D eigenvalue weighted by Gasteiger charge is -2.21. The van der Waals surface area contributed by atoms with E-state index in [-0.39, 0.29) is 4.90 Å². The van der Waals surface area contributed by atoms with Crippen LogP contribution in [0, 0.1) is 5.92 Å². The fourth-order valence-corrected chi connectivity index (χ4v) is 2.32. The summed E-state index contributed by atoms with van der Waals surface area (Å²) >= 11 is 0. The van der Waals surface area contributed by atoms with Crippen molar-refractivity contribution in [3.8, 4) is 0 Å². The van der Waals surface area contributed by atoms with Crippen LogP contribution in [-0.4, -0.2) is 40.1 Å². The number of benzene rings is 1. The molecule has 0 saturated heterocycles. The third-order valence-corrected chi connectivity index (χ3v) is 4.26. The van der Waals surface area contributed by atoms with Crippen LogP contribution in [0.25, 0.3) is 0 Å². The highest BCUT2D eigenvalue weighted by atomic mass is 32.2. The molecule has 1 aromatic rings. The van der Waals surface area contributed by atoms with Crippen molar-refractivity contribution in [1.82, 2.24) is 4.72 Å². The molecule has 0 aliphatic carbocycles. The quantitative estimate of drug-likeness (QED) is 0.806. The molecular weight excluding hydrogens is 268 g/mol. The van der Waals surface area contributed by atoms with E-state index in [1.807, 2.05) is 0 Å². The third kappa shape index (κ3) is 3.93. The average molecular weight is 286 g/mol. The van der Waals surface area contributed by atoms with Gasteiger partial charge in [-0.2, -0.15) is 0 Å². The summed E-state index contributed by atoms with van der Waals surface area (Å²) in [7, 11) is -0.324. The van der Waals surface area contributed by atoms with E-state index >= 15 is 0 Å². The molecular formula is C12H18N2O4S. The monoisotopic (exact) mass is 286 g/mol. The number of nitrogens with one attached hydrogen (secondary N) is 1. The zero-order chi connectivity index (χ0) is 14.6. The summed E-state index contributed by atoms with van der Waals surface area (Å²) in [5.41, 5.74) is 0.767. The van der Waals surface area contributed by atoms with E-state index in [9.17, 15) is 13.2 Å². The molecule has 0 aliphatic heterocycles. The van der Waals surface area contributed by atoms with E-state index in [1.54, 1.807) is 31.0 Å². The van der Waals surface area contributed by atoms with Crippen molar-refractivity contribution in [1.29, 1.82) is 0 Å². The number of anilines is 1. The molecule has 1 rings (SSSR count). The smallest absolute Gasteiger partial charge is 0.308 e. The van der Waals surface area contributed by atoms with Gasteiger partial charge in [0.2, 0.25) is 10.0 Å². The Kier molecular flexibility index (Phi) is 4.90. The van der Waals surface area contributed by atoms with Gasteiger partial charge in [-0.1, -0.05) is 6.92 Å². The Labute approximate surface area is 113 Å². The minimum absolute atomic E-state index is 0.179. The van der Waals surface area contributed by atoms with Gasteiger partial charge in [0.25, 0.3) is 0 Å². The molecule has 1 atom stereocenters. The second kappa shape index (κ2) is 6.03. The van der Waals surface area contributed by atoms with E-state index < -0.39 is 21.9 Å². The zero-order valence-electron chi connectivity index (χ0n) is 11.1. The molecule has 0 amide bonds. The van der Waals surface area contributed by atoms with E-state index in [0.717, 1.165) is 5.69 Å². The molecule has 1 aromatic carbocycles. The molecule has 19 heavy (non-hydrogen) atoms. The Morgan fingerprint density at radius 3 is 2.32 bits per heavy atom. The Hall–Kier alpha value is -1.60. The first kappa shape index (κ1) is 15.5. The van der Waals surface area contributed by atoms with Gasteiger partial charge < -0.3 is 10.0 Å². The Bertz CT molecular complexity index is 539. The lowest BCUT2D eigenvalue weighted by atomic mass is 10.1. The van der Waals surface area contributed by atoms with Crippen LogP contribution in [-0.2, 0) is 14.8 Å². The summed E-state index contributed by atoms with van der Waals surface area (Å²) in [5.74, 6) is -1.35. The van der Waals surface area contributed by atoms with Crippen molar-refractivity contribution in [3.05, 3.63) is 24.3 Å². The zero-order valence-corrected chi connectivity index (χ0v) is 11.9. The van der Waals surface area contributed by atoms with Crippen molar-refractivity contribution < 1.29 is 18.3 Å². The number of carbonyl (C=O) groups is 1. The molecule has 0 radical (unpaired) electrons. The number of aliphatic carboxylic acids is 1. The van der Waals surface area contributed by atoms with Gasteiger partial charge in [0, 0.05) is 19.3 Å². The maximum Gasteiger partial charge on any atom is 0.308 e. The van der Waals surface area contributed by atoms with Gasteiger partial charge in [-0.25, -0.2) is 13.1 Å². The summed E-state index contributed by atoms with van der Waals surface area (Å²) in [5, 5.41) is 8.85. The van der Waals surface area contributed by atoms with Gasteiger partial charge in [0.15, 0.2) is 0 Å². The van der Waals surface area contributed by atoms with Crippen molar-refractivity contribution in [2.45, 2.75) is 11.8 Å². The molecule has 6 nitrogen and oxygen atoms in total. The number of hydrogen-bond acceptors (Lipinski definition) is 4. The van der Waals surface area contributed by atoms with Crippen molar-refractivity contribution in [2.75, 3.05) is 25.5 Å². The minimum atomic E-state index is -3.44. The number of carboxylic acid groups (broad SMARTS) is 1. The molecule has 0 heterocycles. The normalized spacial score (nSPS) is 13.0. The second-order valence-corrected chi connectivity index (χ2v) is 6.21. The summed E-state index contributed by atoms with van der Waals surface area (Å²) in [6.07, 6.45) is 0. The molecule has 0 aliphatic rings. The van der Waals surface area contributed by atoms with E-state index in [1.165, 1.54) is 19.2 Å². The van der Waals surface area contributed by atoms with Crippen LogP contribution in [0.15, 0.2) is 29.2 Å². The maximum absolute atomic E-state index is 11.5. The molecule has 1 unspecified atom stereocenters. The van der Waals surface area contributed by atoms with Gasteiger partial charge in [0.1, 0.15) is 0 Å². The fraction of sp³-hybridized carbons (Fsp3) is 0.417. The van der Waals surface area contributed by atoms with E-state index in [0.29, 0.717) is 6.54 Å². The van der Waals surface area contributed by atoms with Gasteiger partial charge >= 0.3 is 5.97 Å². The standard InChI is InChI=1S/C12H18N2O4S/c1-9(12(15)16)8-14(3)10-4-6-11(7-5-10)19(17,18)13-2/h4-7,9,13H,8H2,1-3H3,(H,15,16). The van der Waals surface area contributed by atoms with Crippen LogP contribution in [0.5, 0.6) is 0 Å². The van der Waals surface area contributed by atoms with Crippen LogP contribution in [0.2, 0.25) is 0 Å². The lowest BCUT2D eigenvalue weighted by Crippen LogP contribution is -2.28. The van der Waals surface area contributed by atoms with Gasteiger partial charge in [-0.3, -0.25) is 4.79 Å². The van der Waals surface area contributed by atoms with Crippen LogP contribution >= 0.6 is 0 Å². The molecule has 0 bridgehead atoms. The molecule has 0 fully saturated rings. The summed E-state index contributed by atoms with van der Waals surface area (Å²) in [4.78, 5) is 12.7. The van der Waals surface area contributed by atoms with Crippen LogP contribution in [0.1, 0.15) is 6.92 Å². The van der Waals surface area contributed by atoms with Gasteiger partial charge in [-0.05, 0) is 31.3 Å². The lowest BCUT2D eigenvalue weighted by molar-refractivity contribution is -0.140. The third-order valence-electron chi connectivity index (χ3n) is 2.83. The first-order valence-electron chi connectivity index (χ1n) is 5.75. The fourth-order valence-electron chi connectivity index (χ4n) is 1.59. The SMILES string of the molecule is CNS(=O)(=O)c1ccc(N(C)CC(C)C(=O)O)cc1. The van der Waals surface area contributed by atoms with Crippen LogP contribution in [0.4, 0.5) is 5.69 Å². The number of carboxylic acids is 1. The first-order chi connectivity index (χ1) is 8.77. The molecule has 2 N–H and O–H groups in total. The number of rotatable bonds is 6. The summed E-state index contributed by atoms with van der Waals surface area (Å²) in [6, 6.07) is 6.28. The van der Waals surface area contributed by atoms with Gasteiger partial charge in [-0.15, -0.1) is 0 Å². The molecule has 0 spiro atoms. The largest absolute Gasteiger partial charge is 0.481 e. The topological polar surface area (TPSA) is 86.7 Å². The van der Waals surface area contributed by atoms with E-state index in [2.05, 4.69) is 4.72 Å². The minimum Gasteiger partial charge on any atom is -0.481 e. The predicted molar refractivity (Wildman–Crippen MR) is 72.8 cm³/mol. The Morgan fingerprint density at radius 2 is 1.89 bits per heavy atom. The van der Waals surface area contributed by atoms with Crippen molar-refractivity contribution in [3.63, 3.8) is 0 Å². The number of nitrogens with zero attached hydrogens (tertiary/aromatic N) is 1. The molecule has 106 valence electrons. The number of hydrogen-bond donors (Lipinski definition) is 2. The maximum atomic E-state index is 11.5. The summed E-state index contributed by atoms with van der Waals surface area (Å²) in [6.45, 7) is 1.98. The Balaban J connectivity index is 2.85. The van der Waals surface area contributed by atoms with Gasteiger partial charge in [0.05, 0.1) is 10.8 Å². The first-order valence-corrected chi connectivity index (χ1v) is 7.24. The highest BCUT2D eigenvalue weighted by Crippen LogP contribution is 2.17. The molecule has 7 heteroatoms. The van der Waals surface area contributed by atoms with E-state index in [4.69, 9.17) is 5.11 Å². The van der Waals surface area contributed by atoms with Crippen LogP contribution in [0.3, 0.4) is 0 Å². The van der Waals surface area contributed by atoms with Crippen molar-refractivity contribution in [2.24, 2.45) is 5.92 Å².